The first-order chi connectivity index (χ1) is 15.0. The third-order valence-electron chi connectivity index (χ3n) is 5.41. The minimum absolute atomic E-state index is 0.246. The van der Waals surface area contributed by atoms with E-state index in [1.54, 1.807) is 30.7 Å². The highest BCUT2D eigenvalue weighted by Crippen LogP contribution is 2.30. The zero-order valence-corrected chi connectivity index (χ0v) is 17.3. The van der Waals surface area contributed by atoms with Crippen LogP contribution in [-0.4, -0.2) is 30.5 Å². The standard InChI is InChI=1S/C22H18ClFN6O/c1-13-10-29(12-25-13)20-7-5-14(9-16(20)23)19-11-30(28-27-19)21-8-6-15-17(24)3-2-4-18(15)26-22(21)31/h2-5,7,9-12,21H,6,8H2,1H3,(H,26,31). The Bertz CT molecular complexity index is 1300. The molecule has 0 spiro atoms. The molecule has 1 aliphatic rings. The Labute approximate surface area is 182 Å². The first-order valence-corrected chi connectivity index (χ1v) is 10.2. The van der Waals surface area contributed by atoms with Crippen molar-refractivity contribution < 1.29 is 9.18 Å². The molecular weight excluding hydrogens is 419 g/mol. The second-order valence-corrected chi connectivity index (χ2v) is 7.89. The molecule has 9 heteroatoms. The number of halogens is 2. The van der Waals surface area contributed by atoms with Crippen molar-refractivity contribution in [3.05, 3.63) is 77.2 Å². The van der Waals surface area contributed by atoms with Crippen molar-refractivity contribution in [3.63, 3.8) is 0 Å². The minimum Gasteiger partial charge on any atom is -0.324 e. The van der Waals surface area contributed by atoms with Gasteiger partial charge >= 0.3 is 0 Å². The highest BCUT2D eigenvalue weighted by Gasteiger charge is 2.27. The van der Waals surface area contributed by atoms with E-state index in [1.165, 1.54) is 10.7 Å². The summed E-state index contributed by atoms with van der Waals surface area (Å²) in [4.78, 5) is 17.0. The molecular formula is C22H18ClFN6O. The van der Waals surface area contributed by atoms with Crippen LogP contribution in [-0.2, 0) is 11.2 Å². The number of aryl methyl sites for hydroxylation is 1. The average Bonchev–Trinajstić information content (AvgIpc) is 3.35. The summed E-state index contributed by atoms with van der Waals surface area (Å²) in [5.74, 6) is -0.565. The van der Waals surface area contributed by atoms with E-state index in [2.05, 4.69) is 20.6 Å². The molecule has 3 heterocycles. The maximum absolute atomic E-state index is 14.1. The van der Waals surface area contributed by atoms with Crippen molar-refractivity contribution in [2.24, 2.45) is 0 Å². The van der Waals surface area contributed by atoms with Gasteiger partial charge in [-0.1, -0.05) is 28.9 Å². The van der Waals surface area contributed by atoms with Crippen molar-refractivity contribution in [1.82, 2.24) is 24.5 Å². The normalized spacial score (nSPS) is 16.0. The van der Waals surface area contributed by atoms with Crippen LogP contribution in [0.5, 0.6) is 0 Å². The van der Waals surface area contributed by atoms with E-state index in [4.69, 9.17) is 11.6 Å². The monoisotopic (exact) mass is 436 g/mol. The van der Waals surface area contributed by atoms with E-state index >= 15 is 0 Å². The number of carbonyl (C=O) groups is 1. The number of amides is 1. The quantitative estimate of drug-likeness (QED) is 0.517. The molecule has 0 aliphatic carbocycles. The zero-order chi connectivity index (χ0) is 21.5. The van der Waals surface area contributed by atoms with Gasteiger partial charge in [0.05, 0.1) is 28.9 Å². The van der Waals surface area contributed by atoms with Gasteiger partial charge in [-0.25, -0.2) is 14.1 Å². The Morgan fingerprint density at radius 1 is 1.23 bits per heavy atom. The van der Waals surface area contributed by atoms with Crippen LogP contribution in [0.4, 0.5) is 10.1 Å². The summed E-state index contributed by atoms with van der Waals surface area (Å²) < 4.78 is 17.5. The van der Waals surface area contributed by atoms with Gasteiger partial charge in [-0.3, -0.25) is 4.79 Å². The SMILES string of the molecule is Cc1cn(-c2ccc(-c3cn(C4CCc5c(F)cccc5NC4=O)nn3)cc2Cl)cn1. The van der Waals surface area contributed by atoms with E-state index < -0.39 is 6.04 Å². The zero-order valence-electron chi connectivity index (χ0n) is 16.6. The number of fused-ring (bicyclic) bond motifs is 1. The number of aromatic nitrogens is 5. The lowest BCUT2D eigenvalue weighted by Crippen LogP contribution is -2.25. The summed E-state index contributed by atoms with van der Waals surface area (Å²) >= 11 is 6.49. The second kappa shape index (κ2) is 7.63. The topological polar surface area (TPSA) is 77.6 Å². The number of imidazole rings is 1. The molecule has 4 aromatic rings. The maximum Gasteiger partial charge on any atom is 0.249 e. The van der Waals surface area contributed by atoms with Crippen LogP contribution >= 0.6 is 11.6 Å². The van der Waals surface area contributed by atoms with Gasteiger partial charge in [-0.05, 0) is 44.0 Å². The fraction of sp³-hybridized carbons (Fsp3) is 0.182. The Balaban J connectivity index is 1.41. The Morgan fingerprint density at radius 3 is 2.87 bits per heavy atom. The summed E-state index contributed by atoms with van der Waals surface area (Å²) in [6.45, 7) is 1.91. The molecule has 2 aromatic heterocycles. The molecule has 5 rings (SSSR count). The van der Waals surface area contributed by atoms with Crippen LogP contribution in [0.25, 0.3) is 16.9 Å². The van der Waals surface area contributed by atoms with Crippen molar-refractivity contribution in [2.75, 3.05) is 5.32 Å². The summed E-state index contributed by atoms with van der Waals surface area (Å²) in [7, 11) is 0. The molecule has 0 bridgehead atoms. The van der Waals surface area contributed by atoms with Crippen molar-refractivity contribution in [3.8, 4) is 16.9 Å². The predicted octanol–water partition coefficient (Wildman–Crippen LogP) is 4.36. The van der Waals surface area contributed by atoms with Gasteiger partial charge in [-0.15, -0.1) is 5.10 Å². The first kappa shape index (κ1) is 19.4. The fourth-order valence-corrected chi connectivity index (χ4v) is 4.08. The van der Waals surface area contributed by atoms with Gasteiger partial charge in [0.2, 0.25) is 5.91 Å². The van der Waals surface area contributed by atoms with Crippen LogP contribution in [0.15, 0.2) is 55.1 Å². The number of benzene rings is 2. The van der Waals surface area contributed by atoms with Gasteiger partial charge in [0, 0.05) is 23.0 Å². The number of nitrogens with zero attached hydrogens (tertiary/aromatic N) is 5. The largest absolute Gasteiger partial charge is 0.324 e. The highest BCUT2D eigenvalue weighted by molar-refractivity contribution is 6.32. The minimum atomic E-state index is -0.586. The van der Waals surface area contributed by atoms with Crippen LogP contribution < -0.4 is 5.32 Å². The third-order valence-corrected chi connectivity index (χ3v) is 5.71. The Hall–Kier alpha value is -3.52. The fourth-order valence-electron chi connectivity index (χ4n) is 3.80. The molecule has 2 aromatic carbocycles. The molecule has 7 nitrogen and oxygen atoms in total. The van der Waals surface area contributed by atoms with Crippen molar-refractivity contribution in [1.29, 1.82) is 0 Å². The van der Waals surface area contributed by atoms with Gasteiger partial charge in [-0.2, -0.15) is 0 Å². The van der Waals surface area contributed by atoms with E-state index in [0.717, 1.165) is 16.9 Å². The first-order valence-electron chi connectivity index (χ1n) is 9.80. The van der Waals surface area contributed by atoms with Gasteiger partial charge in [0.1, 0.15) is 17.6 Å². The smallest absolute Gasteiger partial charge is 0.249 e. The number of nitrogens with one attached hydrogen (secondary N) is 1. The van der Waals surface area contributed by atoms with E-state index in [0.29, 0.717) is 34.8 Å². The number of hydrogen-bond acceptors (Lipinski definition) is 4. The second-order valence-electron chi connectivity index (χ2n) is 7.48. The molecule has 156 valence electrons. The van der Waals surface area contributed by atoms with Crippen molar-refractivity contribution in [2.45, 2.75) is 25.8 Å². The molecule has 31 heavy (non-hydrogen) atoms. The van der Waals surface area contributed by atoms with Crippen molar-refractivity contribution >= 4 is 23.2 Å². The number of anilines is 1. The molecule has 1 N–H and O–H groups in total. The molecule has 0 fully saturated rings. The molecule has 1 aliphatic heterocycles. The molecule has 1 unspecified atom stereocenters. The summed E-state index contributed by atoms with van der Waals surface area (Å²) in [6.07, 6.45) is 6.15. The van der Waals surface area contributed by atoms with Crippen LogP contribution in [0.2, 0.25) is 5.02 Å². The predicted molar refractivity (Wildman–Crippen MR) is 115 cm³/mol. The lowest BCUT2D eigenvalue weighted by atomic mass is 10.1. The maximum atomic E-state index is 14.1. The summed E-state index contributed by atoms with van der Waals surface area (Å²) in [6, 6.07) is 9.68. The third kappa shape index (κ3) is 3.59. The number of hydrogen-bond donors (Lipinski definition) is 1. The average molecular weight is 437 g/mol. The highest BCUT2D eigenvalue weighted by atomic mass is 35.5. The van der Waals surface area contributed by atoms with Crippen LogP contribution in [0.3, 0.4) is 0 Å². The lowest BCUT2D eigenvalue weighted by molar-refractivity contribution is -0.119. The van der Waals surface area contributed by atoms with Gasteiger partial charge < -0.3 is 9.88 Å². The van der Waals surface area contributed by atoms with E-state index in [-0.39, 0.29) is 11.7 Å². The lowest BCUT2D eigenvalue weighted by Gasteiger charge is -2.12. The van der Waals surface area contributed by atoms with Gasteiger partial charge in [0.15, 0.2) is 0 Å². The van der Waals surface area contributed by atoms with Gasteiger partial charge in [0.25, 0.3) is 0 Å². The van der Waals surface area contributed by atoms with E-state index in [1.807, 2.05) is 29.8 Å². The molecule has 1 atom stereocenters. The summed E-state index contributed by atoms with van der Waals surface area (Å²) in [5.41, 5.74) is 4.09. The number of rotatable bonds is 3. The molecule has 0 radical (unpaired) electrons. The van der Waals surface area contributed by atoms with E-state index in [9.17, 15) is 9.18 Å². The van der Waals surface area contributed by atoms with Crippen LogP contribution in [0, 0.1) is 12.7 Å². The molecule has 0 saturated carbocycles. The Morgan fingerprint density at radius 2 is 2.10 bits per heavy atom. The summed E-state index contributed by atoms with van der Waals surface area (Å²) in [5, 5.41) is 11.7. The number of carbonyl (C=O) groups excluding carboxylic acids is 1. The molecule has 1 amide bonds. The van der Waals surface area contributed by atoms with Crippen LogP contribution in [0.1, 0.15) is 23.7 Å². The molecule has 0 saturated heterocycles. The Kier molecular flexibility index (Phi) is 4.78.